The van der Waals surface area contributed by atoms with E-state index < -0.39 is 0 Å². The van der Waals surface area contributed by atoms with Gasteiger partial charge in [0.2, 0.25) is 0 Å². The van der Waals surface area contributed by atoms with Crippen LogP contribution in [0, 0.1) is 5.92 Å². The first-order valence-corrected chi connectivity index (χ1v) is 5.70. The number of nitrogens with one attached hydrogen (secondary N) is 1. The van der Waals surface area contributed by atoms with Crippen molar-refractivity contribution in [2.24, 2.45) is 5.92 Å². The quantitative estimate of drug-likeness (QED) is 0.633. The Balaban J connectivity index is 1.77. The maximum Gasteiger partial charge on any atom is 0.0107 e. The molecule has 0 amide bonds. The van der Waals surface area contributed by atoms with Gasteiger partial charge in [0.05, 0.1) is 0 Å². The van der Waals surface area contributed by atoms with Gasteiger partial charge in [-0.2, -0.15) is 0 Å². The lowest BCUT2D eigenvalue weighted by Crippen LogP contribution is -2.48. The van der Waals surface area contributed by atoms with Gasteiger partial charge in [-0.05, 0) is 31.7 Å². The Morgan fingerprint density at radius 1 is 0.750 bits per heavy atom. The fourth-order valence-corrected chi connectivity index (χ4v) is 2.60. The van der Waals surface area contributed by atoms with Crippen molar-refractivity contribution in [1.29, 1.82) is 0 Å². The normalized spacial score (nSPS) is 33.5. The van der Waals surface area contributed by atoms with Gasteiger partial charge >= 0.3 is 0 Å². The minimum absolute atomic E-state index is 0.906. The maximum atomic E-state index is 3.56. The molecular formula is C11H21N. The zero-order valence-electron chi connectivity index (χ0n) is 8.02. The fourth-order valence-electron chi connectivity index (χ4n) is 2.60. The number of rotatable bonds is 1. The first-order chi connectivity index (χ1) is 5.97. The van der Waals surface area contributed by atoms with Crippen molar-refractivity contribution in [2.45, 2.75) is 57.4 Å². The molecule has 0 bridgehead atoms. The van der Waals surface area contributed by atoms with Gasteiger partial charge < -0.3 is 5.32 Å². The molecule has 0 aromatic carbocycles. The summed E-state index contributed by atoms with van der Waals surface area (Å²) in [4.78, 5) is 0. The van der Waals surface area contributed by atoms with Crippen LogP contribution in [0.15, 0.2) is 0 Å². The summed E-state index contributed by atoms with van der Waals surface area (Å²) >= 11 is 0. The third kappa shape index (κ3) is 2.01. The summed E-state index contributed by atoms with van der Waals surface area (Å²) in [5.41, 5.74) is 0. The van der Waals surface area contributed by atoms with E-state index in [1.807, 2.05) is 0 Å². The second-order valence-electron chi connectivity index (χ2n) is 4.45. The van der Waals surface area contributed by atoms with E-state index in [9.17, 15) is 0 Å². The van der Waals surface area contributed by atoms with E-state index in [2.05, 4.69) is 5.32 Å². The lowest BCUT2D eigenvalue weighted by molar-refractivity contribution is 0.219. The smallest absolute Gasteiger partial charge is 0.0107 e. The number of hydrogen-bond donors (Lipinski definition) is 1. The van der Waals surface area contributed by atoms with Crippen LogP contribution < -0.4 is 5.32 Å². The fraction of sp³-hybridized carbons (Fsp3) is 1.00. The molecule has 1 unspecified atom stereocenters. The summed E-state index contributed by atoms with van der Waals surface area (Å²) in [5, 5.41) is 3.56. The van der Waals surface area contributed by atoms with E-state index in [4.69, 9.17) is 0 Å². The molecule has 0 radical (unpaired) electrons. The van der Waals surface area contributed by atoms with Gasteiger partial charge in [0.25, 0.3) is 0 Å². The predicted octanol–water partition coefficient (Wildman–Crippen LogP) is 2.71. The first-order valence-electron chi connectivity index (χ1n) is 5.70. The Labute approximate surface area is 75.9 Å². The topological polar surface area (TPSA) is 12.0 Å². The molecule has 1 saturated heterocycles. The minimum Gasteiger partial charge on any atom is -0.314 e. The molecule has 1 aliphatic heterocycles. The standard InChI is InChI=1S/C11H21N/c1-2-4-6-10(7-5-3-1)11-8-9-12-11/h10-12H,1-9H2. The van der Waals surface area contributed by atoms with Gasteiger partial charge in [0.15, 0.2) is 0 Å². The highest BCUT2D eigenvalue weighted by Gasteiger charge is 2.26. The van der Waals surface area contributed by atoms with Gasteiger partial charge in [-0.3, -0.25) is 0 Å². The van der Waals surface area contributed by atoms with Crippen LogP contribution >= 0.6 is 0 Å². The van der Waals surface area contributed by atoms with E-state index in [-0.39, 0.29) is 0 Å². The second kappa shape index (κ2) is 4.27. The molecule has 0 aromatic rings. The molecule has 1 N–H and O–H groups in total. The third-order valence-electron chi connectivity index (χ3n) is 3.58. The minimum atomic E-state index is 0.906. The van der Waals surface area contributed by atoms with Gasteiger partial charge in [-0.15, -0.1) is 0 Å². The third-order valence-corrected chi connectivity index (χ3v) is 3.58. The van der Waals surface area contributed by atoms with Crippen LogP contribution in [0.4, 0.5) is 0 Å². The molecule has 2 rings (SSSR count). The Morgan fingerprint density at radius 2 is 1.33 bits per heavy atom. The van der Waals surface area contributed by atoms with Gasteiger partial charge in [-0.25, -0.2) is 0 Å². The highest BCUT2D eigenvalue weighted by Crippen LogP contribution is 2.28. The molecule has 1 heterocycles. The van der Waals surface area contributed by atoms with E-state index in [1.54, 1.807) is 0 Å². The summed E-state index contributed by atoms with van der Waals surface area (Å²) in [7, 11) is 0. The van der Waals surface area contributed by atoms with Crippen molar-refractivity contribution >= 4 is 0 Å². The van der Waals surface area contributed by atoms with Crippen molar-refractivity contribution in [3.63, 3.8) is 0 Å². The number of hydrogen-bond acceptors (Lipinski definition) is 1. The molecule has 1 saturated carbocycles. The largest absolute Gasteiger partial charge is 0.314 e. The molecule has 1 heteroatoms. The summed E-state index contributed by atoms with van der Waals surface area (Å²) in [5.74, 6) is 1.03. The average molecular weight is 167 g/mol. The molecule has 2 aliphatic rings. The van der Waals surface area contributed by atoms with Crippen molar-refractivity contribution in [1.82, 2.24) is 5.32 Å². The maximum absolute atomic E-state index is 3.56. The molecule has 12 heavy (non-hydrogen) atoms. The Kier molecular flexibility index (Phi) is 3.04. The van der Waals surface area contributed by atoms with Crippen LogP contribution in [0.25, 0.3) is 0 Å². The van der Waals surface area contributed by atoms with E-state index in [1.165, 1.54) is 57.9 Å². The van der Waals surface area contributed by atoms with Gasteiger partial charge in [-0.1, -0.05) is 32.1 Å². The van der Waals surface area contributed by atoms with Crippen molar-refractivity contribution in [2.75, 3.05) is 6.54 Å². The van der Waals surface area contributed by atoms with E-state index in [0.717, 1.165) is 12.0 Å². The molecule has 1 nitrogen and oxygen atoms in total. The Bertz CT molecular complexity index is 121. The average Bonchev–Trinajstić information content (AvgIpc) is 1.90. The van der Waals surface area contributed by atoms with Crippen LogP contribution in [0.5, 0.6) is 0 Å². The molecule has 2 fully saturated rings. The second-order valence-corrected chi connectivity index (χ2v) is 4.45. The molecule has 1 atom stereocenters. The Hall–Kier alpha value is -0.0400. The molecule has 0 aromatic heterocycles. The molecule has 1 aliphatic carbocycles. The predicted molar refractivity (Wildman–Crippen MR) is 52.2 cm³/mol. The van der Waals surface area contributed by atoms with Gasteiger partial charge in [0.1, 0.15) is 0 Å². The SMILES string of the molecule is C1CCCC(C2CCN2)CCC1. The van der Waals surface area contributed by atoms with E-state index >= 15 is 0 Å². The summed E-state index contributed by atoms with van der Waals surface area (Å²) < 4.78 is 0. The Morgan fingerprint density at radius 3 is 1.83 bits per heavy atom. The van der Waals surface area contributed by atoms with E-state index in [0.29, 0.717) is 0 Å². The molecule has 70 valence electrons. The summed E-state index contributed by atoms with van der Waals surface area (Å²) in [6.07, 6.45) is 11.9. The van der Waals surface area contributed by atoms with Crippen LogP contribution in [0.1, 0.15) is 51.4 Å². The van der Waals surface area contributed by atoms with Crippen LogP contribution in [0.2, 0.25) is 0 Å². The summed E-state index contributed by atoms with van der Waals surface area (Å²) in [6, 6.07) is 0.906. The van der Waals surface area contributed by atoms with Crippen LogP contribution in [-0.4, -0.2) is 12.6 Å². The zero-order valence-corrected chi connectivity index (χ0v) is 8.02. The first kappa shape index (κ1) is 8.55. The lowest BCUT2D eigenvalue weighted by Gasteiger charge is -2.36. The van der Waals surface area contributed by atoms with Crippen molar-refractivity contribution in [3.8, 4) is 0 Å². The monoisotopic (exact) mass is 167 g/mol. The lowest BCUT2D eigenvalue weighted by atomic mass is 9.82. The summed E-state index contributed by atoms with van der Waals surface area (Å²) in [6.45, 7) is 1.28. The zero-order chi connectivity index (χ0) is 8.23. The van der Waals surface area contributed by atoms with Crippen molar-refractivity contribution < 1.29 is 0 Å². The molecule has 0 spiro atoms. The highest BCUT2D eigenvalue weighted by atomic mass is 15.0. The highest BCUT2D eigenvalue weighted by molar-refractivity contribution is 4.84. The van der Waals surface area contributed by atoms with Crippen LogP contribution in [-0.2, 0) is 0 Å². The van der Waals surface area contributed by atoms with Gasteiger partial charge in [0, 0.05) is 6.04 Å². The van der Waals surface area contributed by atoms with Crippen molar-refractivity contribution in [3.05, 3.63) is 0 Å². The van der Waals surface area contributed by atoms with Crippen LogP contribution in [0.3, 0.4) is 0 Å². The molecular weight excluding hydrogens is 146 g/mol.